The number of halogens is 1. The average molecular weight is 257 g/mol. The van der Waals surface area contributed by atoms with Crippen LogP contribution in [0.5, 0.6) is 0 Å². The monoisotopic (exact) mass is 256 g/mol. The molecule has 86 valence electrons. The highest BCUT2D eigenvalue weighted by molar-refractivity contribution is 7.13. The molecule has 4 nitrogen and oxygen atoms in total. The van der Waals surface area contributed by atoms with Gasteiger partial charge in [-0.15, -0.1) is 21.8 Å². The maximum absolute atomic E-state index is 5.71. The van der Waals surface area contributed by atoms with Gasteiger partial charge in [0, 0.05) is 5.69 Å². The third kappa shape index (κ3) is 1.85. The summed E-state index contributed by atoms with van der Waals surface area (Å²) in [7, 11) is 0. The first-order valence-corrected chi connectivity index (χ1v) is 6.46. The van der Waals surface area contributed by atoms with Crippen LogP contribution in [0.15, 0.2) is 0 Å². The summed E-state index contributed by atoms with van der Waals surface area (Å²) >= 11 is 7.19. The van der Waals surface area contributed by atoms with E-state index in [1.165, 1.54) is 16.9 Å². The maximum atomic E-state index is 5.71. The molecular weight excluding hydrogens is 244 g/mol. The summed E-state index contributed by atoms with van der Waals surface area (Å²) in [5.41, 5.74) is 3.47. The van der Waals surface area contributed by atoms with E-state index in [2.05, 4.69) is 29.1 Å². The van der Waals surface area contributed by atoms with E-state index >= 15 is 0 Å². The van der Waals surface area contributed by atoms with Crippen molar-refractivity contribution < 1.29 is 0 Å². The van der Waals surface area contributed by atoms with E-state index in [-0.39, 0.29) is 0 Å². The third-order valence-electron chi connectivity index (χ3n) is 2.55. The molecule has 0 aliphatic heterocycles. The molecule has 2 aromatic rings. The molecule has 0 amide bonds. The van der Waals surface area contributed by atoms with E-state index in [0.29, 0.717) is 5.88 Å². The number of hydrogen-bond acceptors (Lipinski definition) is 4. The Morgan fingerprint density at radius 1 is 1.31 bits per heavy atom. The van der Waals surface area contributed by atoms with Gasteiger partial charge in [-0.3, -0.25) is 0 Å². The fourth-order valence-corrected chi connectivity index (χ4v) is 2.67. The standard InChI is InChI=1S/C10H13ClN4S/c1-4-8-6(2)14-15(7(8)3)10-13-12-9(5-11)16-10/h4-5H2,1-3H3. The Kier molecular flexibility index (Phi) is 3.25. The van der Waals surface area contributed by atoms with Gasteiger partial charge in [-0.2, -0.15) is 5.10 Å². The highest BCUT2D eigenvalue weighted by atomic mass is 35.5. The molecule has 2 heterocycles. The fraction of sp³-hybridized carbons (Fsp3) is 0.500. The van der Waals surface area contributed by atoms with Crippen molar-refractivity contribution in [3.05, 3.63) is 22.0 Å². The van der Waals surface area contributed by atoms with Gasteiger partial charge in [0.2, 0.25) is 5.13 Å². The second-order valence-corrected chi connectivity index (χ2v) is 4.83. The lowest BCUT2D eigenvalue weighted by Gasteiger charge is -1.98. The van der Waals surface area contributed by atoms with Crippen molar-refractivity contribution >= 4 is 22.9 Å². The minimum absolute atomic E-state index is 0.400. The van der Waals surface area contributed by atoms with Crippen LogP contribution in [0.3, 0.4) is 0 Å². The molecule has 0 atom stereocenters. The lowest BCUT2D eigenvalue weighted by molar-refractivity contribution is 0.805. The summed E-state index contributed by atoms with van der Waals surface area (Å²) in [6.07, 6.45) is 0.985. The Morgan fingerprint density at radius 3 is 2.56 bits per heavy atom. The normalized spacial score (nSPS) is 11.0. The number of nitrogens with zero attached hydrogens (tertiary/aromatic N) is 4. The van der Waals surface area contributed by atoms with Gasteiger partial charge in [-0.05, 0) is 25.8 Å². The van der Waals surface area contributed by atoms with E-state index in [9.17, 15) is 0 Å². The van der Waals surface area contributed by atoms with Crippen LogP contribution in [0.4, 0.5) is 0 Å². The van der Waals surface area contributed by atoms with Crippen LogP contribution in [-0.4, -0.2) is 20.0 Å². The molecule has 0 aliphatic carbocycles. The summed E-state index contributed by atoms with van der Waals surface area (Å²) in [5.74, 6) is 0.400. The molecule has 0 aliphatic rings. The smallest absolute Gasteiger partial charge is 0.209 e. The van der Waals surface area contributed by atoms with Gasteiger partial charge in [0.25, 0.3) is 0 Å². The molecule has 0 aromatic carbocycles. The van der Waals surface area contributed by atoms with Gasteiger partial charge in [0.05, 0.1) is 11.6 Å². The molecule has 0 saturated carbocycles. The molecule has 0 radical (unpaired) electrons. The lowest BCUT2D eigenvalue weighted by atomic mass is 10.1. The number of alkyl halides is 1. The summed E-state index contributed by atoms with van der Waals surface area (Å²) in [6, 6.07) is 0. The highest BCUT2D eigenvalue weighted by Gasteiger charge is 2.14. The first kappa shape index (κ1) is 11.5. The Balaban J connectivity index is 2.47. The van der Waals surface area contributed by atoms with E-state index in [1.54, 1.807) is 0 Å². The first-order valence-electron chi connectivity index (χ1n) is 5.11. The molecule has 0 spiro atoms. The second-order valence-electron chi connectivity index (χ2n) is 3.53. The summed E-state index contributed by atoms with van der Waals surface area (Å²) in [6.45, 7) is 6.21. The second kappa shape index (κ2) is 4.51. The summed E-state index contributed by atoms with van der Waals surface area (Å²) < 4.78 is 1.85. The molecule has 16 heavy (non-hydrogen) atoms. The summed E-state index contributed by atoms with van der Waals surface area (Å²) in [4.78, 5) is 0. The molecule has 2 rings (SSSR count). The van der Waals surface area contributed by atoms with Gasteiger partial charge in [0.1, 0.15) is 5.01 Å². The zero-order chi connectivity index (χ0) is 11.7. The highest BCUT2D eigenvalue weighted by Crippen LogP contribution is 2.21. The van der Waals surface area contributed by atoms with E-state index in [0.717, 1.165) is 27.9 Å². The number of rotatable bonds is 3. The predicted molar refractivity (Wildman–Crippen MR) is 65.4 cm³/mol. The van der Waals surface area contributed by atoms with Crippen molar-refractivity contribution in [3.8, 4) is 5.13 Å². The van der Waals surface area contributed by atoms with Crippen LogP contribution in [-0.2, 0) is 12.3 Å². The van der Waals surface area contributed by atoms with Crippen LogP contribution in [0.2, 0.25) is 0 Å². The van der Waals surface area contributed by atoms with Crippen LogP contribution < -0.4 is 0 Å². The van der Waals surface area contributed by atoms with E-state index in [4.69, 9.17) is 11.6 Å². The Bertz CT molecular complexity index is 503. The van der Waals surface area contributed by atoms with E-state index < -0.39 is 0 Å². The Hall–Kier alpha value is -0.940. The Labute approximate surface area is 103 Å². The maximum Gasteiger partial charge on any atom is 0.233 e. The number of hydrogen-bond donors (Lipinski definition) is 0. The average Bonchev–Trinajstić information content (AvgIpc) is 2.83. The van der Waals surface area contributed by atoms with Gasteiger partial charge >= 0.3 is 0 Å². The quantitative estimate of drug-likeness (QED) is 0.793. The van der Waals surface area contributed by atoms with Gasteiger partial charge < -0.3 is 0 Å². The van der Waals surface area contributed by atoms with Crippen LogP contribution >= 0.6 is 22.9 Å². The molecule has 0 unspecified atom stereocenters. The topological polar surface area (TPSA) is 43.6 Å². The minimum atomic E-state index is 0.400. The van der Waals surface area contributed by atoms with Crippen molar-refractivity contribution in [2.45, 2.75) is 33.1 Å². The lowest BCUT2D eigenvalue weighted by Crippen LogP contribution is -1.98. The van der Waals surface area contributed by atoms with Crippen molar-refractivity contribution in [3.63, 3.8) is 0 Å². The van der Waals surface area contributed by atoms with Crippen molar-refractivity contribution in [2.75, 3.05) is 0 Å². The third-order valence-corrected chi connectivity index (χ3v) is 3.86. The zero-order valence-electron chi connectivity index (χ0n) is 9.49. The number of aromatic nitrogens is 4. The first-order chi connectivity index (χ1) is 7.67. The SMILES string of the molecule is CCc1c(C)nn(-c2nnc(CCl)s2)c1C. The molecule has 0 bridgehead atoms. The van der Waals surface area contributed by atoms with Crippen LogP contribution in [0.25, 0.3) is 5.13 Å². The van der Waals surface area contributed by atoms with E-state index in [1.807, 2.05) is 11.6 Å². The predicted octanol–water partition coefficient (Wildman–Crippen LogP) is 2.64. The largest absolute Gasteiger partial charge is 0.233 e. The summed E-state index contributed by atoms with van der Waals surface area (Å²) in [5, 5.41) is 14.2. The Morgan fingerprint density at radius 2 is 2.06 bits per heavy atom. The fourth-order valence-electron chi connectivity index (χ4n) is 1.76. The molecule has 0 saturated heterocycles. The van der Waals surface area contributed by atoms with Crippen molar-refractivity contribution in [1.82, 2.24) is 20.0 Å². The molecule has 2 aromatic heterocycles. The zero-order valence-corrected chi connectivity index (χ0v) is 11.1. The molecule has 0 N–H and O–H groups in total. The van der Waals surface area contributed by atoms with Crippen LogP contribution in [0.1, 0.15) is 28.9 Å². The van der Waals surface area contributed by atoms with Crippen LogP contribution in [0, 0.1) is 13.8 Å². The van der Waals surface area contributed by atoms with Crippen molar-refractivity contribution in [2.24, 2.45) is 0 Å². The minimum Gasteiger partial charge on any atom is -0.209 e. The van der Waals surface area contributed by atoms with Gasteiger partial charge in [-0.1, -0.05) is 18.3 Å². The number of aryl methyl sites for hydroxylation is 1. The molecule has 6 heteroatoms. The van der Waals surface area contributed by atoms with Gasteiger partial charge in [-0.25, -0.2) is 4.68 Å². The van der Waals surface area contributed by atoms with Gasteiger partial charge in [0.15, 0.2) is 0 Å². The molecular formula is C10H13ClN4S. The van der Waals surface area contributed by atoms with Crippen molar-refractivity contribution in [1.29, 1.82) is 0 Å². The molecule has 0 fully saturated rings.